The molecule has 3 heteroatoms. The summed E-state index contributed by atoms with van der Waals surface area (Å²) in [5.41, 5.74) is 5.90. The molecule has 1 aliphatic heterocycles. The van der Waals surface area contributed by atoms with Crippen molar-refractivity contribution in [2.75, 3.05) is 6.54 Å². The second-order valence-corrected chi connectivity index (χ2v) is 4.81. The summed E-state index contributed by atoms with van der Waals surface area (Å²) in [7, 11) is 0. The standard InChI is InChI=1S/C13H27N3/c1-3-4-5-6-7-8-9-13-15-10-11-16(13)12(2)14/h10,12-13H,3-9,11,14H2,1-2H3. The molecule has 0 saturated heterocycles. The Morgan fingerprint density at radius 2 is 2.00 bits per heavy atom. The third-order valence-corrected chi connectivity index (χ3v) is 3.29. The fourth-order valence-corrected chi connectivity index (χ4v) is 2.26. The Hall–Kier alpha value is -0.410. The highest BCUT2D eigenvalue weighted by atomic mass is 15.3. The van der Waals surface area contributed by atoms with Crippen LogP contribution in [0.15, 0.2) is 4.99 Å². The average molecular weight is 225 g/mol. The van der Waals surface area contributed by atoms with E-state index < -0.39 is 0 Å². The zero-order chi connectivity index (χ0) is 11.8. The zero-order valence-electron chi connectivity index (χ0n) is 10.9. The highest BCUT2D eigenvalue weighted by molar-refractivity contribution is 5.62. The second kappa shape index (κ2) is 7.80. The molecule has 2 atom stereocenters. The van der Waals surface area contributed by atoms with Gasteiger partial charge >= 0.3 is 0 Å². The van der Waals surface area contributed by atoms with Crippen LogP contribution in [0.2, 0.25) is 0 Å². The van der Waals surface area contributed by atoms with Gasteiger partial charge in [-0.3, -0.25) is 9.89 Å². The second-order valence-electron chi connectivity index (χ2n) is 4.81. The summed E-state index contributed by atoms with van der Waals surface area (Å²) in [5, 5.41) is 0. The lowest BCUT2D eigenvalue weighted by Crippen LogP contribution is -2.43. The number of rotatable bonds is 8. The van der Waals surface area contributed by atoms with Crippen molar-refractivity contribution in [3.8, 4) is 0 Å². The van der Waals surface area contributed by atoms with Gasteiger partial charge in [-0.25, -0.2) is 0 Å². The maximum atomic E-state index is 5.90. The van der Waals surface area contributed by atoms with Crippen molar-refractivity contribution < 1.29 is 0 Å². The Bertz CT molecular complexity index is 201. The summed E-state index contributed by atoms with van der Waals surface area (Å²) in [6.45, 7) is 5.23. The van der Waals surface area contributed by atoms with Gasteiger partial charge in [-0.05, 0) is 19.8 Å². The molecular formula is C13H27N3. The van der Waals surface area contributed by atoms with Crippen LogP contribution in [0.5, 0.6) is 0 Å². The molecule has 2 N–H and O–H groups in total. The van der Waals surface area contributed by atoms with E-state index in [0.29, 0.717) is 6.17 Å². The lowest BCUT2D eigenvalue weighted by molar-refractivity contribution is 0.182. The summed E-state index contributed by atoms with van der Waals surface area (Å²) in [6.07, 6.45) is 11.8. The zero-order valence-corrected chi connectivity index (χ0v) is 10.9. The highest BCUT2D eigenvalue weighted by Gasteiger charge is 2.22. The summed E-state index contributed by atoms with van der Waals surface area (Å²) >= 11 is 0. The molecule has 0 saturated carbocycles. The minimum atomic E-state index is 0.132. The van der Waals surface area contributed by atoms with Gasteiger partial charge in [0.1, 0.15) is 6.17 Å². The number of unbranched alkanes of at least 4 members (excludes halogenated alkanes) is 5. The van der Waals surface area contributed by atoms with Crippen LogP contribution >= 0.6 is 0 Å². The van der Waals surface area contributed by atoms with E-state index in [1.54, 1.807) is 0 Å². The Morgan fingerprint density at radius 3 is 2.69 bits per heavy atom. The number of aliphatic imine (C=N–C) groups is 1. The first-order chi connectivity index (χ1) is 7.75. The third-order valence-electron chi connectivity index (χ3n) is 3.29. The smallest absolute Gasteiger partial charge is 0.103 e. The molecule has 0 spiro atoms. The molecule has 0 bridgehead atoms. The van der Waals surface area contributed by atoms with Crippen molar-refractivity contribution in [2.24, 2.45) is 10.7 Å². The lowest BCUT2D eigenvalue weighted by atomic mass is 10.1. The molecule has 0 aliphatic carbocycles. The topological polar surface area (TPSA) is 41.6 Å². The van der Waals surface area contributed by atoms with E-state index in [-0.39, 0.29) is 6.17 Å². The molecule has 3 nitrogen and oxygen atoms in total. The lowest BCUT2D eigenvalue weighted by Gasteiger charge is -2.26. The van der Waals surface area contributed by atoms with E-state index >= 15 is 0 Å². The maximum Gasteiger partial charge on any atom is 0.103 e. The Balaban J connectivity index is 2.05. The van der Waals surface area contributed by atoms with Crippen molar-refractivity contribution in [3.63, 3.8) is 0 Å². The van der Waals surface area contributed by atoms with E-state index in [1.165, 1.54) is 44.9 Å². The molecule has 1 heterocycles. The molecule has 0 radical (unpaired) electrons. The van der Waals surface area contributed by atoms with E-state index in [2.05, 4.69) is 16.8 Å². The minimum absolute atomic E-state index is 0.132. The first kappa shape index (κ1) is 13.7. The van der Waals surface area contributed by atoms with Crippen LogP contribution in [-0.4, -0.2) is 30.0 Å². The molecule has 94 valence electrons. The van der Waals surface area contributed by atoms with Crippen molar-refractivity contribution in [1.82, 2.24) is 4.90 Å². The number of hydrogen-bond donors (Lipinski definition) is 1. The molecule has 1 rings (SSSR count). The summed E-state index contributed by atoms with van der Waals surface area (Å²) in [5.74, 6) is 0. The van der Waals surface area contributed by atoms with Crippen LogP contribution in [-0.2, 0) is 0 Å². The predicted molar refractivity (Wildman–Crippen MR) is 70.6 cm³/mol. The van der Waals surface area contributed by atoms with Crippen LogP contribution in [0, 0.1) is 0 Å². The van der Waals surface area contributed by atoms with E-state index in [9.17, 15) is 0 Å². The number of hydrogen-bond acceptors (Lipinski definition) is 3. The number of nitrogens with two attached hydrogens (primary N) is 1. The summed E-state index contributed by atoms with van der Waals surface area (Å²) in [6, 6.07) is 0. The van der Waals surface area contributed by atoms with Gasteiger partial charge in [0.05, 0.1) is 6.17 Å². The molecule has 0 aromatic rings. The maximum absolute atomic E-state index is 5.90. The van der Waals surface area contributed by atoms with Crippen molar-refractivity contribution >= 4 is 6.21 Å². The van der Waals surface area contributed by atoms with Gasteiger partial charge in [0, 0.05) is 12.8 Å². The quantitative estimate of drug-likeness (QED) is 0.645. The summed E-state index contributed by atoms with van der Waals surface area (Å²) < 4.78 is 0. The molecule has 0 fully saturated rings. The average Bonchev–Trinajstić information content (AvgIpc) is 2.71. The van der Waals surface area contributed by atoms with Crippen molar-refractivity contribution in [1.29, 1.82) is 0 Å². The normalized spacial score (nSPS) is 22.8. The molecule has 2 unspecified atom stereocenters. The molecule has 0 aromatic heterocycles. The third kappa shape index (κ3) is 4.62. The van der Waals surface area contributed by atoms with Gasteiger partial charge in [-0.1, -0.05) is 39.0 Å². The molecule has 0 aromatic carbocycles. The Morgan fingerprint density at radius 1 is 1.31 bits per heavy atom. The minimum Gasteiger partial charge on any atom is -0.316 e. The van der Waals surface area contributed by atoms with Gasteiger partial charge in [0.15, 0.2) is 0 Å². The van der Waals surface area contributed by atoms with Crippen LogP contribution in [0.1, 0.15) is 58.8 Å². The van der Waals surface area contributed by atoms with E-state index in [1.807, 2.05) is 13.1 Å². The van der Waals surface area contributed by atoms with Crippen LogP contribution in [0.3, 0.4) is 0 Å². The molecule has 1 aliphatic rings. The molecule has 0 amide bonds. The monoisotopic (exact) mass is 225 g/mol. The summed E-state index contributed by atoms with van der Waals surface area (Å²) in [4.78, 5) is 6.76. The van der Waals surface area contributed by atoms with Crippen LogP contribution in [0.25, 0.3) is 0 Å². The van der Waals surface area contributed by atoms with Crippen molar-refractivity contribution in [2.45, 2.75) is 71.1 Å². The fourth-order valence-electron chi connectivity index (χ4n) is 2.26. The SMILES string of the molecule is CCCCCCCCC1N=CCN1C(C)N. The Labute approximate surface area is 100 Å². The van der Waals surface area contributed by atoms with Gasteiger partial charge in [0.25, 0.3) is 0 Å². The predicted octanol–water partition coefficient (Wildman–Crippen LogP) is 2.75. The number of nitrogens with zero attached hydrogens (tertiary/aromatic N) is 2. The van der Waals surface area contributed by atoms with Gasteiger partial charge in [-0.15, -0.1) is 0 Å². The van der Waals surface area contributed by atoms with Crippen LogP contribution in [0.4, 0.5) is 0 Å². The molecular weight excluding hydrogens is 198 g/mol. The molecule has 16 heavy (non-hydrogen) atoms. The highest BCUT2D eigenvalue weighted by Crippen LogP contribution is 2.16. The van der Waals surface area contributed by atoms with Crippen molar-refractivity contribution in [3.05, 3.63) is 0 Å². The fraction of sp³-hybridized carbons (Fsp3) is 0.923. The van der Waals surface area contributed by atoms with Crippen LogP contribution < -0.4 is 5.73 Å². The van der Waals surface area contributed by atoms with Gasteiger partial charge in [0.2, 0.25) is 0 Å². The first-order valence-corrected chi connectivity index (χ1v) is 6.78. The first-order valence-electron chi connectivity index (χ1n) is 6.78. The Kier molecular flexibility index (Phi) is 6.65. The largest absolute Gasteiger partial charge is 0.316 e. The van der Waals surface area contributed by atoms with E-state index in [4.69, 9.17) is 5.73 Å². The van der Waals surface area contributed by atoms with Gasteiger partial charge < -0.3 is 5.73 Å². The van der Waals surface area contributed by atoms with Gasteiger partial charge in [-0.2, -0.15) is 0 Å². The van der Waals surface area contributed by atoms with E-state index in [0.717, 1.165) is 6.54 Å².